The molecule has 1 aromatic carbocycles. The van der Waals surface area contributed by atoms with E-state index in [9.17, 15) is 4.39 Å². The number of aliphatic hydroxyl groups is 1. The van der Waals surface area contributed by atoms with E-state index in [-0.39, 0.29) is 12.2 Å². The summed E-state index contributed by atoms with van der Waals surface area (Å²) in [6.45, 7) is -0.0450. The maximum atomic E-state index is 13.5. The lowest BCUT2D eigenvalue weighted by Gasteiger charge is -2.07. The molecule has 0 spiro atoms. The summed E-state index contributed by atoms with van der Waals surface area (Å²) >= 11 is 0. The Morgan fingerprint density at radius 1 is 1.29 bits per heavy atom. The van der Waals surface area contributed by atoms with E-state index in [1.54, 1.807) is 12.1 Å². The molecule has 21 heavy (non-hydrogen) atoms. The molecule has 106 valence electrons. The first-order chi connectivity index (χ1) is 10.3. The number of halogens is 1. The Morgan fingerprint density at radius 3 is 2.95 bits per heavy atom. The Hall–Kier alpha value is -2.80. The number of hydrogen-bond donors (Lipinski definition) is 3. The van der Waals surface area contributed by atoms with E-state index in [4.69, 9.17) is 5.11 Å². The van der Waals surface area contributed by atoms with Gasteiger partial charge in [0.1, 0.15) is 0 Å². The second kappa shape index (κ2) is 5.68. The van der Waals surface area contributed by atoms with Crippen molar-refractivity contribution in [3.63, 3.8) is 0 Å². The minimum Gasteiger partial charge on any atom is -0.392 e. The number of nitrogens with zero attached hydrogens (tertiary/aromatic N) is 3. The molecule has 6 nitrogen and oxygen atoms in total. The average molecular weight is 285 g/mol. The number of nitrogens with one attached hydrogen (secondary N) is 2. The molecule has 3 aromatic rings. The summed E-state index contributed by atoms with van der Waals surface area (Å²) in [5, 5.41) is 18.0. The Labute approximate surface area is 119 Å². The summed E-state index contributed by atoms with van der Waals surface area (Å²) in [5.74, 6) is -0.204. The van der Waals surface area contributed by atoms with Crippen LogP contribution >= 0.6 is 0 Å². The molecular formula is C14H12FN5O. The zero-order valence-electron chi connectivity index (χ0n) is 10.9. The van der Waals surface area contributed by atoms with E-state index in [2.05, 4.69) is 25.5 Å². The molecule has 0 aliphatic heterocycles. The van der Waals surface area contributed by atoms with Gasteiger partial charge >= 0.3 is 0 Å². The molecule has 2 heterocycles. The van der Waals surface area contributed by atoms with Gasteiger partial charge in [-0.3, -0.25) is 5.10 Å². The summed E-state index contributed by atoms with van der Waals surface area (Å²) in [7, 11) is 0. The van der Waals surface area contributed by atoms with Gasteiger partial charge in [-0.25, -0.2) is 9.97 Å². The zero-order chi connectivity index (χ0) is 14.7. The summed E-state index contributed by atoms with van der Waals surface area (Å²) in [5.41, 5.74) is 2.23. The smallest absolute Gasteiger partial charge is 0.227 e. The van der Waals surface area contributed by atoms with Crippen molar-refractivity contribution in [2.45, 2.75) is 6.61 Å². The van der Waals surface area contributed by atoms with Crippen LogP contribution in [0.15, 0.2) is 42.7 Å². The highest BCUT2D eigenvalue weighted by atomic mass is 19.1. The second-order valence-corrected chi connectivity index (χ2v) is 4.35. The number of benzene rings is 1. The fourth-order valence-electron chi connectivity index (χ4n) is 1.89. The summed E-state index contributed by atoms with van der Waals surface area (Å²) in [6, 6.07) is 8.84. The Bertz CT molecular complexity index is 758. The molecule has 0 aliphatic carbocycles. The van der Waals surface area contributed by atoms with Crippen LogP contribution in [0, 0.1) is 5.95 Å². The SMILES string of the molecule is OCc1cccc(Nc2nccc(-c3cn[nH]c3F)n2)c1. The van der Waals surface area contributed by atoms with Crippen molar-refractivity contribution in [2.75, 3.05) is 5.32 Å². The minimum absolute atomic E-state index is 0.0450. The number of anilines is 2. The molecule has 0 saturated carbocycles. The molecule has 0 amide bonds. The first-order valence-electron chi connectivity index (χ1n) is 6.25. The lowest BCUT2D eigenvalue weighted by Crippen LogP contribution is -1.98. The fraction of sp³-hybridized carbons (Fsp3) is 0.0714. The number of H-pyrrole nitrogens is 1. The molecule has 0 atom stereocenters. The maximum Gasteiger partial charge on any atom is 0.227 e. The summed E-state index contributed by atoms with van der Waals surface area (Å²) in [6.07, 6.45) is 2.90. The quantitative estimate of drug-likeness (QED) is 0.684. The molecular weight excluding hydrogens is 273 g/mol. The third-order valence-corrected chi connectivity index (χ3v) is 2.89. The maximum absolute atomic E-state index is 13.5. The molecule has 0 fully saturated rings. The highest BCUT2D eigenvalue weighted by molar-refractivity contribution is 5.61. The number of aliphatic hydroxyl groups excluding tert-OH is 1. The van der Waals surface area contributed by atoms with Gasteiger partial charge in [-0.1, -0.05) is 12.1 Å². The van der Waals surface area contributed by atoms with Gasteiger partial charge in [0, 0.05) is 11.9 Å². The van der Waals surface area contributed by atoms with E-state index in [0.717, 1.165) is 11.3 Å². The molecule has 0 aliphatic rings. The monoisotopic (exact) mass is 285 g/mol. The largest absolute Gasteiger partial charge is 0.392 e. The van der Waals surface area contributed by atoms with Crippen molar-refractivity contribution in [1.29, 1.82) is 0 Å². The van der Waals surface area contributed by atoms with Gasteiger partial charge in [0.15, 0.2) is 0 Å². The van der Waals surface area contributed by atoms with E-state index in [1.165, 1.54) is 12.4 Å². The van der Waals surface area contributed by atoms with Gasteiger partial charge < -0.3 is 10.4 Å². The molecule has 0 unspecified atom stereocenters. The van der Waals surface area contributed by atoms with Gasteiger partial charge in [0.25, 0.3) is 0 Å². The van der Waals surface area contributed by atoms with Crippen LogP contribution in [-0.4, -0.2) is 25.3 Å². The van der Waals surface area contributed by atoms with Crippen LogP contribution in [0.5, 0.6) is 0 Å². The van der Waals surface area contributed by atoms with Crippen LogP contribution in [0.2, 0.25) is 0 Å². The van der Waals surface area contributed by atoms with Crippen molar-refractivity contribution in [3.05, 3.63) is 54.2 Å². The van der Waals surface area contributed by atoms with Crippen LogP contribution < -0.4 is 5.32 Å². The average Bonchev–Trinajstić information content (AvgIpc) is 2.94. The van der Waals surface area contributed by atoms with Gasteiger partial charge in [-0.05, 0) is 23.8 Å². The van der Waals surface area contributed by atoms with E-state index in [0.29, 0.717) is 11.6 Å². The zero-order valence-corrected chi connectivity index (χ0v) is 10.9. The van der Waals surface area contributed by atoms with Gasteiger partial charge in [0.2, 0.25) is 11.9 Å². The van der Waals surface area contributed by atoms with Crippen molar-refractivity contribution < 1.29 is 9.50 Å². The Morgan fingerprint density at radius 2 is 2.19 bits per heavy atom. The van der Waals surface area contributed by atoms with Crippen LogP contribution in [0.4, 0.5) is 16.0 Å². The molecule has 2 aromatic heterocycles. The van der Waals surface area contributed by atoms with Gasteiger partial charge in [-0.2, -0.15) is 9.49 Å². The summed E-state index contributed by atoms with van der Waals surface area (Å²) < 4.78 is 13.5. The van der Waals surface area contributed by atoms with E-state index in [1.807, 2.05) is 18.2 Å². The molecule has 3 rings (SSSR count). The summed E-state index contributed by atoms with van der Waals surface area (Å²) in [4.78, 5) is 8.33. The van der Waals surface area contributed by atoms with Crippen molar-refractivity contribution in [1.82, 2.24) is 20.2 Å². The van der Waals surface area contributed by atoms with Crippen LogP contribution in [-0.2, 0) is 6.61 Å². The minimum atomic E-state index is -0.540. The van der Waals surface area contributed by atoms with Crippen molar-refractivity contribution >= 4 is 11.6 Å². The van der Waals surface area contributed by atoms with Gasteiger partial charge in [-0.15, -0.1) is 0 Å². The highest BCUT2D eigenvalue weighted by Gasteiger charge is 2.09. The fourth-order valence-corrected chi connectivity index (χ4v) is 1.89. The molecule has 0 radical (unpaired) electrons. The molecule has 0 bridgehead atoms. The van der Waals surface area contributed by atoms with Crippen LogP contribution in [0.25, 0.3) is 11.3 Å². The third-order valence-electron chi connectivity index (χ3n) is 2.89. The lowest BCUT2D eigenvalue weighted by molar-refractivity contribution is 0.282. The number of rotatable bonds is 4. The second-order valence-electron chi connectivity index (χ2n) is 4.35. The normalized spacial score (nSPS) is 10.6. The van der Waals surface area contributed by atoms with Crippen LogP contribution in [0.1, 0.15) is 5.56 Å². The molecule has 3 N–H and O–H groups in total. The highest BCUT2D eigenvalue weighted by Crippen LogP contribution is 2.21. The third kappa shape index (κ3) is 2.87. The van der Waals surface area contributed by atoms with E-state index < -0.39 is 5.95 Å². The number of aromatic nitrogens is 4. The first kappa shape index (κ1) is 13.2. The van der Waals surface area contributed by atoms with E-state index >= 15 is 0 Å². The Balaban J connectivity index is 1.88. The predicted octanol–water partition coefficient (Wildman–Crippen LogP) is 2.24. The van der Waals surface area contributed by atoms with Crippen LogP contribution in [0.3, 0.4) is 0 Å². The first-order valence-corrected chi connectivity index (χ1v) is 6.25. The Kier molecular flexibility index (Phi) is 3.57. The van der Waals surface area contributed by atoms with Crippen molar-refractivity contribution in [3.8, 4) is 11.3 Å². The number of aromatic amines is 1. The number of hydrogen-bond acceptors (Lipinski definition) is 5. The van der Waals surface area contributed by atoms with Crippen molar-refractivity contribution in [2.24, 2.45) is 0 Å². The molecule has 7 heteroatoms. The lowest BCUT2D eigenvalue weighted by atomic mass is 10.2. The molecule has 0 saturated heterocycles. The predicted molar refractivity (Wildman–Crippen MR) is 75.2 cm³/mol. The van der Waals surface area contributed by atoms with Gasteiger partial charge in [0.05, 0.1) is 24.1 Å². The standard InChI is InChI=1S/C14H12FN5O/c15-13-11(7-17-20-13)12-4-5-16-14(19-12)18-10-3-1-2-9(6-10)8-21/h1-7,21H,8H2,(H,17,20)(H,16,18,19). The topological polar surface area (TPSA) is 86.7 Å².